The zero-order valence-electron chi connectivity index (χ0n) is 20.9. The summed E-state index contributed by atoms with van der Waals surface area (Å²) in [6, 6.07) is 14.4. The van der Waals surface area contributed by atoms with E-state index in [4.69, 9.17) is 25.8 Å². The number of thiazole rings is 1. The summed E-state index contributed by atoms with van der Waals surface area (Å²) < 4.78 is 17.4. The van der Waals surface area contributed by atoms with Crippen LogP contribution in [0.1, 0.15) is 22.7 Å². The van der Waals surface area contributed by atoms with E-state index in [1.165, 1.54) is 37.6 Å². The Morgan fingerprint density at radius 2 is 1.63 bits per heavy atom. The van der Waals surface area contributed by atoms with E-state index >= 15 is 0 Å². The van der Waals surface area contributed by atoms with Gasteiger partial charge in [-0.25, -0.2) is 4.98 Å². The minimum Gasteiger partial charge on any atom is -0.507 e. The van der Waals surface area contributed by atoms with Gasteiger partial charge in [0.2, 0.25) is 5.75 Å². The van der Waals surface area contributed by atoms with Crippen molar-refractivity contribution in [1.82, 2.24) is 4.98 Å². The van der Waals surface area contributed by atoms with Crippen LogP contribution in [0.4, 0.5) is 5.13 Å². The smallest absolute Gasteiger partial charge is 0.301 e. The van der Waals surface area contributed by atoms with Crippen LogP contribution in [0.2, 0.25) is 5.02 Å². The van der Waals surface area contributed by atoms with Crippen molar-refractivity contribution < 1.29 is 28.9 Å². The number of anilines is 1. The van der Waals surface area contributed by atoms with E-state index in [1.54, 1.807) is 36.4 Å². The lowest BCUT2D eigenvalue weighted by Gasteiger charge is -2.24. The third-order valence-corrected chi connectivity index (χ3v) is 7.57. The molecular weight excluding hydrogens is 528 g/mol. The van der Waals surface area contributed by atoms with Gasteiger partial charge in [0, 0.05) is 10.6 Å². The largest absolute Gasteiger partial charge is 0.507 e. The van der Waals surface area contributed by atoms with Crippen molar-refractivity contribution in [2.75, 3.05) is 26.2 Å². The van der Waals surface area contributed by atoms with Crippen molar-refractivity contribution in [3.05, 3.63) is 81.9 Å². The number of hydrogen-bond acceptors (Lipinski definition) is 8. The van der Waals surface area contributed by atoms with Gasteiger partial charge in [-0.2, -0.15) is 0 Å². The highest BCUT2D eigenvalue weighted by Gasteiger charge is 2.48. The minimum absolute atomic E-state index is 0.0953. The standard InChI is InChI=1S/C28H23ClN2O6S/c1-14-5-10-18-21(11-14)38-28(30-18)31-23(16-12-19(35-2)26(37-4)20(13-16)36-3)22(25(33)27(31)34)24(32)15-6-8-17(29)9-7-15/h5-13,23,32H,1-4H3/t23-/m1/s1. The van der Waals surface area contributed by atoms with Gasteiger partial charge in [-0.1, -0.05) is 29.0 Å². The Morgan fingerprint density at radius 3 is 2.24 bits per heavy atom. The van der Waals surface area contributed by atoms with E-state index < -0.39 is 17.7 Å². The number of ether oxygens (including phenoxy) is 3. The Morgan fingerprint density at radius 1 is 0.974 bits per heavy atom. The predicted octanol–water partition coefficient (Wildman–Crippen LogP) is 5.91. The van der Waals surface area contributed by atoms with Crippen LogP contribution in [-0.4, -0.2) is 43.1 Å². The van der Waals surface area contributed by atoms with Crippen LogP contribution in [0.25, 0.3) is 16.0 Å². The van der Waals surface area contributed by atoms with Gasteiger partial charge in [0.1, 0.15) is 5.76 Å². The Hall–Kier alpha value is -4.08. The molecular formula is C28H23ClN2O6S. The number of aromatic nitrogens is 1. The predicted molar refractivity (Wildman–Crippen MR) is 147 cm³/mol. The van der Waals surface area contributed by atoms with E-state index in [0.29, 0.717) is 44.0 Å². The Labute approximate surface area is 227 Å². The van der Waals surface area contributed by atoms with Crippen molar-refractivity contribution in [3.63, 3.8) is 0 Å². The molecule has 5 rings (SSSR count). The molecule has 8 nitrogen and oxygen atoms in total. The van der Waals surface area contributed by atoms with Crippen LogP contribution in [0.3, 0.4) is 0 Å². The highest BCUT2D eigenvalue weighted by Crippen LogP contribution is 2.48. The number of carbonyl (C=O) groups excluding carboxylic acids is 2. The molecule has 194 valence electrons. The van der Waals surface area contributed by atoms with Gasteiger partial charge in [0.15, 0.2) is 16.6 Å². The van der Waals surface area contributed by atoms with E-state index in [9.17, 15) is 14.7 Å². The number of aliphatic hydroxyl groups is 1. The molecule has 0 saturated carbocycles. The monoisotopic (exact) mass is 550 g/mol. The van der Waals surface area contributed by atoms with Crippen LogP contribution >= 0.6 is 22.9 Å². The lowest BCUT2D eigenvalue weighted by molar-refractivity contribution is -0.132. The third kappa shape index (κ3) is 4.23. The molecule has 1 aromatic heterocycles. The molecule has 2 heterocycles. The van der Waals surface area contributed by atoms with Gasteiger partial charge in [0.05, 0.1) is 43.2 Å². The quantitative estimate of drug-likeness (QED) is 0.181. The highest BCUT2D eigenvalue weighted by molar-refractivity contribution is 7.22. The summed E-state index contributed by atoms with van der Waals surface area (Å²) in [5.41, 5.74) is 2.44. The van der Waals surface area contributed by atoms with Crippen LogP contribution < -0.4 is 19.1 Å². The van der Waals surface area contributed by atoms with Gasteiger partial charge >= 0.3 is 5.91 Å². The van der Waals surface area contributed by atoms with E-state index in [2.05, 4.69) is 4.98 Å². The highest BCUT2D eigenvalue weighted by atomic mass is 35.5. The van der Waals surface area contributed by atoms with Gasteiger partial charge in [-0.05, 0) is 66.6 Å². The summed E-state index contributed by atoms with van der Waals surface area (Å²) in [6.07, 6.45) is 0. The zero-order valence-corrected chi connectivity index (χ0v) is 22.5. The number of Topliss-reactive ketones (excluding diaryl/α,β-unsaturated/α-hetero) is 1. The number of aliphatic hydroxyl groups excluding tert-OH is 1. The summed E-state index contributed by atoms with van der Waals surface area (Å²) in [4.78, 5) is 33.0. The summed E-state index contributed by atoms with van der Waals surface area (Å²) >= 11 is 7.31. The first-order valence-electron chi connectivity index (χ1n) is 11.5. The molecule has 1 aliphatic heterocycles. The fourth-order valence-corrected chi connectivity index (χ4v) is 5.71. The number of benzene rings is 3. The molecule has 1 amide bonds. The fourth-order valence-electron chi connectivity index (χ4n) is 4.49. The van der Waals surface area contributed by atoms with Crippen LogP contribution in [0.5, 0.6) is 17.2 Å². The lowest BCUT2D eigenvalue weighted by Crippen LogP contribution is -2.29. The number of hydrogen-bond donors (Lipinski definition) is 1. The maximum Gasteiger partial charge on any atom is 0.301 e. The average Bonchev–Trinajstić information content (AvgIpc) is 3.45. The van der Waals surface area contributed by atoms with Crippen molar-refractivity contribution >= 4 is 55.7 Å². The fraction of sp³-hybridized carbons (Fsp3) is 0.179. The summed E-state index contributed by atoms with van der Waals surface area (Å²) in [6.45, 7) is 1.97. The molecule has 4 aromatic rings. The number of nitrogens with zero attached hydrogens (tertiary/aromatic N) is 2. The average molecular weight is 551 g/mol. The first-order valence-corrected chi connectivity index (χ1v) is 12.7. The number of halogens is 1. The maximum absolute atomic E-state index is 13.6. The second-order valence-corrected chi connectivity index (χ2v) is 10.0. The number of rotatable bonds is 6. The Balaban J connectivity index is 1.78. The lowest BCUT2D eigenvalue weighted by atomic mass is 9.95. The van der Waals surface area contributed by atoms with Gasteiger partial charge in [-0.3, -0.25) is 14.5 Å². The second kappa shape index (κ2) is 10.00. The Kier molecular flexibility index (Phi) is 6.73. The van der Waals surface area contributed by atoms with E-state index in [-0.39, 0.29) is 11.3 Å². The molecule has 38 heavy (non-hydrogen) atoms. The van der Waals surface area contributed by atoms with E-state index in [0.717, 1.165) is 10.3 Å². The van der Waals surface area contributed by atoms with Crippen molar-refractivity contribution in [3.8, 4) is 17.2 Å². The zero-order chi connectivity index (χ0) is 27.1. The normalized spacial score (nSPS) is 16.8. The minimum atomic E-state index is -1.03. The SMILES string of the molecule is COc1cc([C@@H]2C(=C(O)c3ccc(Cl)cc3)C(=O)C(=O)N2c2nc3ccc(C)cc3s2)cc(OC)c1OC. The number of carbonyl (C=O) groups is 2. The number of methoxy groups -OCH3 is 3. The number of aryl methyl sites for hydroxylation is 1. The first kappa shape index (κ1) is 25.6. The summed E-state index contributed by atoms with van der Waals surface area (Å²) in [7, 11) is 4.43. The molecule has 1 saturated heterocycles. The number of amides is 1. The van der Waals surface area contributed by atoms with E-state index in [1.807, 2.05) is 25.1 Å². The maximum atomic E-state index is 13.6. The Bertz CT molecular complexity index is 1590. The molecule has 1 N–H and O–H groups in total. The number of fused-ring (bicyclic) bond motifs is 1. The molecule has 0 spiro atoms. The topological polar surface area (TPSA) is 98.2 Å². The third-order valence-electron chi connectivity index (χ3n) is 6.30. The molecule has 0 radical (unpaired) electrons. The molecule has 1 fully saturated rings. The van der Waals surface area contributed by atoms with Crippen molar-refractivity contribution in [2.24, 2.45) is 0 Å². The van der Waals surface area contributed by atoms with Crippen molar-refractivity contribution in [2.45, 2.75) is 13.0 Å². The van der Waals surface area contributed by atoms with Crippen LogP contribution in [-0.2, 0) is 9.59 Å². The second-order valence-electron chi connectivity index (χ2n) is 8.60. The molecule has 0 unspecified atom stereocenters. The van der Waals surface area contributed by atoms with Gasteiger partial charge in [-0.15, -0.1) is 0 Å². The van der Waals surface area contributed by atoms with Crippen LogP contribution in [0, 0.1) is 6.92 Å². The molecule has 0 bridgehead atoms. The van der Waals surface area contributed by atoms with Crippen molar-refractivity contribution in [1.29, 1.82) is 0 Å². The van der Waals surface area contributed by atoms with Gasteiger partial charge < -0.3 is 19.3 Å². The molecule has 1 atom stereocenters. The van der Waals surface area contributed by atoms with Gasteiger partial charge in [0.25, 0.3) is 5.78 Å². The summed E-state index contributed by atoms with van der Waals surface area (Å²) in [5.74, 6) is -0.971. The van der Waals surface area contributed by atoms with Crippen LogP contribution in [0.15, 0.2) is 60.2 Å². The number of ketones is 1. The molecule has 1 aliphatic rings. The first-order chi connectivity index (χ1) is 18.3. The molecule has 0 aliphatic carbocycles. The molecule has 3 aromatic carbocycles. The molecule has 10 heteroatoms. The summed E-state index contributed by atoms with van der Waals surface area (Å²) in [5, 5.41) is 12.1.